The predicted octanol–water partition coefficient (Wildman–Crippen LogP) is 2.66. The Morgan fingerprint density at radius 3 is 2.53 bits per heavy atom. The summed E-state index contributed by atoms with van der Waals surface area (Å²) in [5.74, 6) is 0.854. The molecule has 1 aromatic carbocycles. The van der Waals surface area contributed by atoms with E-state index in [1.807, 2.05) is 18.2 Å². The zero-order valence-electron chi connectivity index (χ0n) is 9.99. The number of halogens is 1. The standard InChI is InChI=1S/C14H11FN4/c15-11-6-4-10(5-7-11)12-9-13(16)19(18-12)14-3-1-2-8-17-14/h1-9H,16H2. The molecule has 0 radical (unpaired) electrons. The monoisotopic (exact) mass is 254 g/mol. The van der Waals surface area contributed by atoms with E-state index in [9.17, 15) is 4.39 Å². The molecule has 0 unspecified atom stereocenters. The summed E-state index contributed by atoms with van der Waals surface area (Å²) in [7, 11) is 0. The van der Waals surface area contributed by atoms with Crippen molar-refractivity contribution in [3.8, 4) is 17.1 Å². The van der Waals surface area contributed by atoms with Gasteiger partial charge in [-0.3, -0.25) is 0 Å². The number of nitrogens with zero attached hydrogens (tertiary/aromatic N) is 3. The maximum atomic E-state index is 12.9. The molecule has 19 heavy (non-hydrogen) atoms. The summed E-state index contributed by atoms with van der Waals surface area (Å²) in [5.41, 5.74) is 7.42. The van der Waals surface area contributed by atoms with E-state index < -0.39 is 0 Å². The minimum Gasteiger partial charge on any atom is -0.384 e. The molecule has 0 atom stereocenters. The predicted molar refractivity (Wildman–Crippen MR) is 71.2 cm³/mol. The van der Waals surface area contributed by atoms with Gasteiger partial charge in [0, 0.05) is 17.8 Å². The second-order valence-electron chi connectivity index (χ2n) is 4.06. The number of hydrogen-bond donors (Lipinski definition) is 1. The molecular weight excluding hydrogens is 243 g/mol. The first-order chi connectivity index (χ1) is 9.24. The molecule has 3 aromatic rings. The topological polar surface area (TPSA) is 56.7 Å². The molecule has 0 aliphatic carbocycles. The molecule has 4 nitrogen and oxygen atoms in total. The Kier molecular flexibility index (Phi) is 2.72. The van der Waals surface area contributed by atoms with E-state index >= 15 is 0 Å². The van der Waals surface area contributed by atoms with Gasteiger partial charge in [-0.15, -0.1) is 0 Å². The van der Waals surface area contributed by atoms with Crippen molar-refractivity contribution >= 4 is 5.82 Å². The van der Waals surface area contributed by atoms with Crippen LogP contribution in [-0.4, -0.2) is 14.8 Å². The van der Waals surface area contributed by atoms with Crippen molar-refractivity contribution < 1.29 is 4.39 Å². The lowest BCUT2D eigenvalue weighted by atomic mass is 10.1. The lowest BCUT2D eigenvalue weighted by molar-refractivity contribution is 0.628. The van der Waals surface area contributed by atoms with Crippen LogP contribution >= 0.6 is 0 Å². The van der Waals surface area contributed by atoms with Crippen LogP contribution in [0.25, 0.3) is 17.1 Å². The molecule has 0 bridgehead atoms. The first-order valence-electron chi connectivity index (χ1n) is 5.77. The summed E-state index contributed by atoms with van der Waals surface area (Å²) in [5, 5.41) is 4.39. The van der Waals surface area contributed by atoms with Crippen LogP contribution in [0.3, 0.4) is 0 Å². The van der Waals surface area contributed by atoms with E-state index in [4.69, 9.17) is 5.73 Å². The summed E-state index contributed by atoms with van der Waals surface area (Å²) >= 11 is 0. The average Bonchev–Trinajstić information content (AvgIpc) is 2.83. The number of rotatable bonds is 2. The number of nitrogen functional groups attached to an aromatic ring is 1. The van der Waals surface area contributed by atoms with E-state index in [2.05, 4.69) is 10.1 Å². The fourth-order valence-electron chi connectivity index (χ4n) is 1.82. The molecule has 5 heteroatoms. The van der Waals surface area contributed by atoms with Crippen LogP contribution in [0.15, 0.2) is 54.7 Å². The van der Waals surface area contributed by atoms with Gasteiger partial charge in [-0.1, -0.05) is 6.07 Å². The van der Waals surface area contributed by atoms with E-state index in [0.29, 0.717) is 17.3 Å². The van der Waals surface area contributed by atoms with Gasteiger partial charge in [0.1, 0.15) is 11.6 Å². The number of aromatic nitrogens is 3. The van der Waals surface area contributed by atoms with Gasteiger partial charge in [0.15, 0.2) is 5.82 Å². The first kappa shape index (κ1) is 11.4. The van der Waals surface area contributed by atoms with Gasteiger partial charge in [0.25, 0.3) is 0 Å². The lowest BCUT2D eigenvalue weighted by Crippen LogP contribution is -2.03. The molecule has 0 fully saturated rings. The highest BCUT2D eigenvalue weighted by atomic mass is 19.1. The molecule has 0 saturated carbocycles. The number of benzene rings is 1. The fraction of sp³-hybridized carbons (Fsp3) is 0. The maximum Gasteiger partial charge on any atom is 0.155 e. The normalized spacial score (nSPS) is 10.6. The summed E-state index contributed by atoms with van der Waals surface area (Å²) in [6, 6.07) is 13.4. The van der Waals surface area contributed by atoms with E-state index in [0.717, 1.165) is 5.56 Å². The third kappa shape index (κ3) is 2.18. The second-order valence-corrected chi connectivity index (χ2v) is 4.06. The molecule has 0 aliphatic rings. The molecular formula is C14H11FN4. The molecule has 0 amide bonds. The molecule has 2 heterocycles. The zero-order valence-corrected chi connectivity index (χ0v) is 9.99. The number of nitrogens with two attached hydrogens (primary N) is 1. The van der Waals surface area contributed by atoms with E-state index in [1.54, 1.807) is 29.1 Å². The van der Waals surface area contributed by atoms with Gasteiger partial charge < -0.3 is 5.73 Å². The summed E-state index contributed by atoms with van der Waals surface area (Å²) < 4.78 is 14.4. The maximum absolute atomic E-state index is 12.9. The molecule has 0 saturated heterocycles. The molecule has 0 aliphatic heterocycles. The molecule has 3 rings (SSSR count). The van der Waals surface area contributed by atoms with Crippen LogP contribution in [-0.2, 0) is 0 Å². The van der Waals surface area contributed by atoms with Crippen LogP contribution in [0.1, 0.15) is 0 Å². The summed E-state index contributed by atoms with van der Waals surface area (Å²) in [6.07, 6.45) is 1.67. The number of anilines is 1. The lowest BCUT2D eigenvalue weighted by Gasteiger charge is -2.01. The van der Waals surface area contributed by atoms with Crippen molar-refractivity contribution in [2.45, 2.75) is 0 Å². The van der Waals surface area contributed by atoms with Gasteiger partial charge in [0.2, 0.25) is 0 Å². The van der Waals surface area contributed by atoms with Crippen molar-refractivity contribution in [3.05, 3.63) is 60.5 Å². The van der Waals surface area contributed by atoms with E-state index in [-0.39, 0.29) is 5.82 Å². The average molecular weight is 254 g/mol. The largest absolute Gasteiger partial charge is 0.384 e. The first-order valence-corrected chi connectivity index (χ1v) is 5.77. The van der Waals surface area contributed by atoms with Crippen molar-refractivity contribution in [2.75, 3.05) is 5.73 Å². The zero-order chi connectivity index (χ0) is 13.2. The highest BCUT2D eigenvalue weighted by Crippen LogP contribution is 2.22. The summed E-state index contributed by atoms with van der Waals surface area (Å²) in [4.78, 5) is 4.19. The summed E-state index contributed by atoms with van der Waals surface area (Å²) in [6.45, 7) is 0. The Morgan fingerprint density at radius 1 is 1.05 bits per heavy atom. The Bertz CT molecular complexity index is 689. The van der Waals surface area contributed by atoms with Gasteiger partial charge in [-0.05, 0) is 36.4 Å². The highest BCUT2D eigenvalue weighted by Gasteiger charge is 2.09. The van der Waals surface area contributed by atoms with Crippen molar-refractivity contribution in [3.63, 3.8) is 0 Å². The van der Waals surface area contributed by atoms with Gasteiger partial charge in [0.05, 0.1) is 5.69 Å². The SMILES string of the molecule is Nc1cc(-c2ccc(F)cc2)nn1-c1ccccn1. The molecule has 94 valence electrons. The smallest absolute Gasteiger partial charge is 0.155 e. The molecule has 2 N–H and O–H groups in total. The Balaban J connectivity index is 2.04. The Labute approximate surface area is 109 Å². The Morgan fingerprint density at radius 2 is 1.84 bits per heavy atom. The van der Waals surface area contributed by atoms with Crippen molar-refractivity contribution in [1.82, 2.24) is 14.8 Å². The quantitative estimate of drug-likeness (QED) is 0.764. The molecule has 2 aromatic heterocycles. The minimum absolute atomic E-state index is 0.277. The second kappa shape index (κ2) is 4.53. The van der Waals surface area contributed by atoms with Crippen LogP contribution in [0.5, 0.6) is 0 Å². The van der Waals surface area contributed by atoms with Gasteiger partial charge in [-0.2, -0.15) is 9.78 Å². The number of pyridine rings is 1. The van der Waals surface area contributed by atoms with Gasteiger partial charge in [-0.25, -0.2) is 9.37 Å². The number of hydrogen-bond acceptors (Lipinski definition) is 3. The third-order valence-corrected chi connectivity index (χ3v) is 2.74. The third-order valence-electron chi connectivity index (χ3n) is 2.74. The van der Waals surface area contributed by atoms with Crippen LogP contribution in [0.4, 0.5) is 10.2 Å². The van der Waals surface area contributed by atoms with Crippen molar-refractivity contribution in [2.24, 2.45) is 0 Å². The van der Waals surface area contributed by atoms with Crippen LogP contribution < -0.4 is 5.73 Å². The molecule has 0 spiro atoms. The van der Waals surface area contributed by atoms with Crippen LogP contribution in [0, 0.1) is 5.82 Å². The Hall–Kier alpha value is -2.69. The van der Waals surface area contributed by atoms with E-state index in [1.165, 1.54) is 12.1 Å². The van der Waals surface area contributed by atoms with Gasteiger partial charge >= 0.3 is 0 Å². The highest BCUT2D eigenvalue weighted by molar-refractivity contribution is 5.63. The minimum atomic E-state index is -0.277. The van der Waals surface area contributed by atoms with Crippen molar-refractivity contribution in [1.29, 1.82) is 0 Å². The fourth-order valence-corrected chi connectivity index (χ4v) is 1.82. The van der Waals surface area contributed by atoms with Crippen LogP contribution in [0.2, 0.25) is 0 Å².